The first kappa shape index (κ1) is 18.9. The molecule has 4 aromatic rings. The van der Waals surface area contributed by atoms with Gasteiger partial charge >= 0.3 is 0 Å². The van der Waals surface area contributed by atoms with Crippen molar-refractivity contribution in [2.75, 3.05) is 7.05 Å². The van der Waals surface area contributed by atoms with Crippen LogP contribution in [-0.4, -0.2) is 43.0 Å². The van der Waals surface area contributed by atoms with Crippen LogP contribution >= 0.6 is 11.6 Å². The summed E-state index contributed by atoms with van der Waals surface area (Å²) in [6.45, 7) is 0.834. The molecule has 0 unspecified atom stereocenters. The normalized spacial score (nSPS) is 10.8. The summed E-state index contributed by atoms with van der Waals surface area (Å²) < 4.78 is 1.60. The van der Waals surface area contributed by atoms with Gasteiger partial charge < -0.3 is 4.90 Å². The zero-order valence-electron chi connectivity index (χ0n) is 15.8. The summed E-state index contributed by atoms with van der Waals surface area (Å²) >= 11 is 6.18. The largest absolute Gasteiger partial charge is 0.334 e. The first-order valence-electron chi connectivity index (χ1n) is 9.09. The molecule has 0 spiro atoms. The number of carbonyl (C=O) groups is 1. The number of rotatable bonds is 6. The number of aromatic nitrogens is 5. The average Bonchev–Trinajstić information content (AvgIpc) is 3.40. The van der Waals surface area contributed by atoms with Crippen LogP contribution in [-0.2, 0) is 13.1 Å². The Morgan fingerprint density at radius 3 is 2.69 bits per heavy atom. The first-order chi connectivity index (χ1) is 14.1. The highest BCUT2D eigenvalue weighted by Gasteiger charge is 2.17. The van der Waals surface area contributed by atoms with Crippen LogP contribution < -0.4 is 0 Å². The Balaban J connectivity index is 1.42. The lowest BCUT2D eigenvalue weighted by atomic mass is 10.1. The van der Waals surface area contributed by atoms with Crippen LogP contribution in [0, 0.1) is 0 Å². The van der Waals surface area contributed by atoms with E-state index in [0.29, 0.717) is 18.1 Å². The molecule has 0 aliphatic carbocycles. The van der Waals surface area contributed by atoms with Crippen molar-refractivity contribution in [2.45, 2.75) is 13.1 Å². The molecular formula is C21H19ClN6O. The third-order valence-corrected chi connectivity index (χ3v) is 4.87. The van der Waals surface area contributed by atoms with Crippen LogP contribution in [0.2, 0.25) is 5.02 Å². The van der Waals surface area contributed by atoms with Gasteiger partial charge in [-0.05, 0) is 17.7 Å². The molecule has 1 amide bonds. The molecule has 4 rings (SSSR count). The van der Waals surface area contributed by atoms with E-state index in [1.165, 1.54) is 0 Å². The number of halogens is 1. The predicted octanol–water partition coefficient (Wildman–Crippen LogP) is 3.64. The lowest BCUT2D eigenvalue weighted by Crippen LogP contribution is -2.26. The maximum absolute atomic E-state index is 12.7. The Labute approximate surface area is 172 Å². The van der Waals surface area contributed by atoms with Crippen molar-refractivity contribution < 1.29 is 4.79 Å². The SMILES string of the molecule is CN(Cc1cc(-c2ccccc2)n[nH]1)C(=O)c1cn(Cc2ccccc2Cl)nn1. The molecular weight excluding hydrogens is 388 g/mol. The molecule has 2 aromatic heterocycles. The Hall–Kier alpha value is -3.45. The molecule has 7 nitrogen and oxygen atoms in total. The molecule has 0 saturated carbocycles. The van der Waals surface area contributed by atoms with E-state index in [-0.39, 0.29) is 11.6 Å². The van der Waals surface area contributed by atoms with Gasteiger partial charge in [0.05, 0.1) is 30.7 Å². The summed E-state index contributed by atoms with van der Waals surface area (Å²) in [7, 11) is 1.72. The fourth-order valence-electron chi connectivity index (χ4n) is 3.00. The van der Waals surface area contributed by atoms with Gasteiger partial charge in [-0.3, -0.25) is 9.89 Å². The first-order valence-corrected chi connectivity index (χ1v) is 9.46. The Kier molecular flexibility index (Phi) is 5.39. The fraction of sp³-hybridized carbons (Fsp3) is 0.143. The smallest absolute Gasteiger partial charge is 0.276 e. The maximum Gasteiger partial charge on any atom is 0.276 e. The van der Waals surface area contributed by atoms with E-state index in [0.717, 1.165) is 22.5 Å². The van der Waals surface area contributed by atoms with Crippen molar-refractivity contribution in [3.63, 3.8) is 0 Å². The minimum Gasteiger partial charge on any atom is -0.334 e. The van der Waals surface area contributed by atoms with Gasteiger partial charge in [0.1, 0.15) is 0 Å². The van der Waals surface area contributed by atoms with E-state index < -0.39 is 0 Å². The average molecular weight is 407 g/mol. The minimum absolute atomic E-state index is 0.216. The van der Waals surface area contributed by atoms with Crippen LogP contribution in [0.15, 0.2) is 66.9 Å². The van der Waals surface area contributed by atoms with E-state index >= 15 is 0 Å². The van der Waals surface area contributed by atoms with Crippen LogP contribution in [0.3, 0.4) is 0 Å². The molecule has 1 N–H and O–H groups in total. The molecule has 2 heterocycles. The molecule has 0 fully saturated rings. The standard InChI is InChI=1S/C21H19ClN6O/c1-27(13-17-11-19(24-23-17)15-7-3-2-4-8-15)21(29)20-14-28(26-25-20)12-16-9-5-6-10-18(16)22/h2-11,14H,12-13H2,1H3,(H,23,24). The highest BCUT2D eigenvalue weighted by atomic mass is 35.5. The molecule has 8 heteroatoms. The lowest BCUT2D eigenvalue weighted by molar-refractivity contribution is 0.0777. The van der Waals surface area contributed by atoms with Gasteiger partial charge in [0.25, 0.3) is 5.91 Å². The van der Waals surface area contributed by atoms with E-state index in [4.69, 9.17) is 11.6 Å². The number of amides is 1. The van der Waals surface area contributed by atoms with E-state index in [9.17, 15) is 4.79 Å². The Morgan fingerprint density at radius 2 is 1.90 bits per heavy atom. The van der Waals surface area contributed by atoms with Gasteiger partial charge in [-0.1, -0.05) is 65.3 Å². The summed E-state index contributed by atoms with van der Waals surface area (Å²) in [5, 5.41) is 16.0. The molecule has 146 valence electrons. The van der Waals surface area contributed by atoms with Crippen molar-refractivity contribution >= 4 is 17.5 Å². The molecule has 2 aromatic carbocycles. The number of carbonyl (C=O) groups excluding carboxylic acids is 1. The molecule has 0 aliphatic heterocycles. The maximum atomic E-state index is 12.7. The van der Waals surface area contributed by atoms with Crippen molar-refractivity contribution in [1.82, 2.24) is 30.1 Å². The van der Waals surface area contributed by atoms with E-state index in [1.807, 2.05) is 60.7 Å². The number of benzene rings is 2. The quantitative estimate of drug-likeness (QED) is 0.530. The van der Waals surface area contributed by atoms with Crippen LogP contribution in [0.4, 0.5) is 0 Å². The lowest BCUT2D eigenvalue weighted by Gasteiger charge is -2.13. The fourth-order valence-corrected chi connectivity index (χ4v) is 3.19. The number of nitrogens with one attached hydrogen (secondary N) is 1. The van der Waals surface area contributed by atoms with Crippen molar-refractivity contribution in [1.29, 1.82) is 0 Å². The van der Waals surface area contributed by atoms with Crippen molar-refractivity contribution in [3.8, 4) is 11.3 Å². The molecule has 29 heavy (non-hydrogen) atoms. The summed E-state index contributed by atoms with van der Waals surface area (Å²) in [6.07, 6.45) is 1.63. The van der Waals surface area contributed by atoms with Gasteiger partial charge in [0.15, 0.2) is 5.69 Å². The third-order valence-electron chi connectivity index (χ3n) is 4.50. The second-order valence-electron chi connectivity index (χ2n) is 6.70. The van der Waals surface area contributed by atoms with Gasteiger partial charge in [-0.15, -0.1) is 5.10 Å². The number of aromatic amines is 1. The molecule has 0 saturated heterocycles. The summed E-state index contributed by atoms with van der Waals surface area (Å²) in [6, 6.07) is 19.3. The summed E-state index contributed by atoms with van der Waals surface area (Å²) in [4.78, 5) is 14.3. The highest BCUT2D eigenvalue weighted by molar-refractivity contribution is 6.31. The third kappa shape index (κ3) is 4.35. The Bertz CT molecular complexity index is 1120. The number of hydrogen-bond donors (Lipinski definition) is 1. The van der Waals surface area contributed by atoms with E-state index in [1.54, 1.807) is 22.8 Å². The number of hydrogen-bond acceptors (Lipinski definition) is 4. The number of H-pyrrole nitrogens is 1. The van der Waals surface area contributed by atoms with Crippen molar-refractivity contribution in [2.24, 2.45) is 0 Å². The van der Waals surface area contributed by atoms with Gasteiger partial charge in [0, 0.05) is 17.6 Å². The summed E-state index contributed by atoms with van der Waals surface area (Å²) in [5.74, 6) is -0.216. The topological polar surface area (TPSA) is 79.7 Å². The van der Waals surface area contributed by atoms with E-state index in [2.05, 4.69) is 20.5 Å². The van der Waals surface area contributed by atoms with Crippen LogP contribution in [0.5, 0.6) is 0 Å². The Morgan fingerprint density at radius 1 is 1.14 bits per heavy atom. The molecule has 0 bridgehead atoms. The zero-order chi connectivity index (χ0) is 20.2. The molecule has 0 aliphatic rings. The zero-order valence-corrected chi connectivity index (χ0v) is 16.5. The summed E-state index contributed by atoms with van der Waals surface area (Å²) in [5.41, 5.74) is 3.89. The van der Waals surface area contributed by atoms with Gasteiger partial charge in [-0.25, -0.2) is 4.68 Å². The highest BCUT2D eigenvalue weighted by Crippen LogP contribution is 2.18. The van der Waals surface area contributed by atoms with Crippen molar-refractivity contribution in [3.05, 3.63) is 88.8 Å². The van der Waals surface area contributed by atoms with Gasteiger partial charge in [0.2, 0.25) is 0 Å². The minimum atomic E-state index is -0.216. The number of nitrogens with zero attached hydrogens (tertiary/aromatic N) is 5. The molecule has 0 radical (unpaired) electrons. The monoisotopic (exact) mass is 406 g/mol. The second-order valence-corrected chi connectivity index (χ2v) is 7.11. The van der Waals surface area contributed by atoms with Gasteiger partial charge in [-0.2, -0.15) is 5.10 Å². The van der Waals surface area contributed by atoms with Crippen LogP contribution in [0.1, 0.15) is 21.7 Å². The van der Waals surface area contributed by atoms with Crippen LogP contribution in [0.25, 0.3) is 11.3 Å². The molecule has 0 atom stereocenters. The predicted molar refractivity (Wildman–Crippen MR) is 110 cm³/mol. The second kappa shape index (κ2) is 8.28.